The lowest BCUT2D eigenvalue weighted by atomic mass is 9.99. The number of hydrogen-bond donors (Lipinski definition) is 2. The number of aryl methyl sites for hydroxylation is 1. The van der Waals surface area contributed by atoms with Crippen molar-refractivity contribution in [3.05, 3.63) is 32.6 Å². The van der Waals surface area contributed by atoms with Gasteiger partial charge < -0.3 is 28.3 Å². The van der Waals surface area contributed by atoms with E-state index in [1.165, 1.54) is 17.9 Å². The van der Waals surface area contributed by atoms with Crippen LogP contribution in [-0.4, -0.2) is 80.8 Å². The molecule has 6 atom stereocenters. The fourth-order valence-electron chi connectivity index (χ4n) is 4.00. The molecule has 2 heterocycles. The molecule has 0 aliphatic carbocycles. The van der Waals surface area contributed by atoms with Gasteiger partial charge in [-0.2, -0.15) is 0 Å². The molecule has 1 aliphatic heterocycles. The minimum Gasteiger partial charge on any atom is -0.407 e. The van der Waals surface area contributed by atoms with Crippen LogP contribution in [0.1, 0.15) is 39.5 Å². The summed E-state index contributed by atoms with van der Waals surface area (Å²) in [7, 11) is -3.57. The van der Waals surface area contributed by atoms with E-state index in [9.17, 15) is 19.3 Å². The molecule has 0 saturated carbocycles. The molecular weight excluding hydrogens is 491 g/mol. The second kappa shape index (κ2) is 11.1. The maximum absolute atomic E-state index is 13.4. The van der Waals surface area contributed by atoms with Crippen LogP contribution in [0.25, 0.3) is 0 Å². The lowest BCUT2D eigenvalue weighted by molar-refractivity contribution is -0.0850. The van der Waals surface area contributed by atoms with E-state index in [4.69, 9.17) is 18.6 Å². The highest BCUT2D eigenvalue weighted by Crippen LogP contribution is 2.53. The van der Waals surface area contributed by atoms with Gasteiger partial charge in [0.2, 0.25) is 0 Å². The van der Waals surface area contributed by atoms with Gasteiger partial charge in [-0.25, -0.2) is 4.79 Å². The Morgan fingerprint density at radius 2 is 1.86 bits per heavy atom. The van der Waals surface area contributed by atoms with Crippen LogP contribution in [0, 0.1) is 12.8 Å². The molecule has 35 heavy (non-hydrogen) atoms. The number of methoxy groups -OCH3 is 1. The third kappa shape index (κ3) is 6.83. The summed E-state index contributed by atoms with van der Waals surface area (Å²) in [5, 5.41) is 11.2. The molecule has 0 amide bonds. The van der Waals surface area contributed by atoms with E-state index in [1.807, 2.05) is 6.92 Å². The Balaban J connectivity index is 2.47. The zero-order valence-electron chi connectivity index (χ0n) is 22.7. The van der Waals surface area contributed by atoms with Crippen LogP contribution >= 0.6 is 7.14 Å². The number of nitrogens with zero attached hydrogens (tertiary/aromatic N) is 1. The van der Waals surface area contributed by atoms with E-state index in [0.717, 1.165) is 0 Å². The van der Waals surface area contributed by atoms with Crippen LogP contribution in [0.15, 0.2) is 15.8 Å². The van der Waals surface area contributed by atoms with E-state index < -0.39 is 63.0 Å². The van der Waals surface area contributed by atoms with Gasteiger partial charge in [0, 0.05) is 24.8 Å². The molecule has 2 rings (SSSR count). The highest BCUT2D eigenvalue weighted by atomic mass is 31.2. The molecule has 12 heteroatoms. The Hall–Kier alpha value is -1.07. The topological polar surface area (TPSA) is 129 Å². The van der Waals surface area contributed by atoms with Crippen LogP contribution in [0.3, 0.4) is 0 Å². The van der Waals surface area contributed by atoms with Crippen molar-refractivity contribution in [1.82, 2.24) is 9.55 Å². The third-order valence-electron chi connectivity index (χ3n) is 7.07. The van der Waals surface area contributed by atoms with Gasteiger partial charge in [-0.15, -0.1) is 0 Å². The van der Waals surface area contributed by atoms with E-state index in [0.29, 0.717) is 5.56 Å². The summed E-state index contributed by atoms with van der Waals surface area (Å²) in [6.45, 7) is 17.8. The SMILES string of the molecule is COCCO[C@@H]1[C@H](O)[C@@H]([C@@H](C)[C@@H](O[Si](C)(C)C(C)(C)C)P(C)(C)=O)O[C@H]1n1cc(C)c(=O)[nH]c1=O. The number of hydrogen-bond acceptors (Lipinski definition) is 8. The number of nitrogens with one attached hydrogen (secondary N) is 1. The Morgan fingerprint density at radius 3 is 2.37 bits per heavy atom. The number of aliphatic hydroxyl groups excluding tert-OH is 1. The average molecular weight is 535 g/mol. The number of H-pyrrole nitrogens is 1. The molecule has 1 saturated heterocycles. The van der Waals surface area contributed by atoms with Crippen molar-refractivity contribution >= 4 is 15.5 Å². The molecule has 0 radical (unpaired) electrons. The van der Waals surface area contributed by atoms with Gasteiger partial charge in [0.05, 0.1) is 19.3 Å². The summed E-state index contributed by atoms with van der Waals surface area (Å²) in [4.78, 5) is 26.8. The molecule has 0 unspecified atom stereocenters. The molecular formula is C23H43N2O8PSi. The van der Waals surface area contributed by atoms with Crippen molar-refractivity contribution in [2.24, 2.45) is 5.92 Å². The first kappa shape index (κ1) is 30.2. The van der Waals surface area contributed by atoms with Crippen LogP contribution in [0.5, 0.6) is 0 Å². The van der Waals surface area contributed by atoms with Gasteiger partial charge in [0.15, 0.2) is 14.5 Å². The van der Waals surface area contributed by atoms with Crippen molar-refractivity contribution in [3.8, 4) is 0 Å². The van der Waals surface area contributed by atoms with Crippen molar-refractivity contribution in [3.63, 3.8) is 0 Å². The van der Waals surface area contributed by atoms with Crippen molar-refractivity contribution in [2.45, 2.75) is 83.1 Å². The van der Waals surface area contributed by atoms with Crippen LogP contribution in [0.2, 0.25) is 18.1 Å². The second-order valence-electron chi connectivity index (χ2n) is 11.4. The van der Waals surface area contributed by atoms with E-state index >= 15 is 0 Å². The maximum atomic E-state index is 13.4. The predicted octanol–water partition coefficient (Wildman–Crippen LogP) is 2.74. The number of aromatic nitrogens is 2. The standard InChI is InChI=1S/C23H43N2O8PSi/c1-14-13-25(22(28)24-19(14)27)20-18(31-12-11-30-6)16(26)17(32-20)15(2)21(34(7,8)29)33-35(9,10)23(3,4)5/h13,15-18,20-21,26H,11-12H2,1-10H3,(H,24,27,28)/t15-,16-,17-,18-,20-,21+/m1/s1. The van der Waals surface area contributed by atoms with Crippen LogP contribution in [0.4, 0.5) is 0 Å². The number of aliphatic hydroxyl groups is 1. The molecule has 1 aliphatic rings. The van der Waals surface area contributed by atoms with Gasteiger partial charge in [-0.05, 0) is 38.4 Å². The number of rotatable bonds is 10. The molecule has 1 aromatic rings. The normalized spacial score (nSPS) is 25.6. The summed E-state index contributed by atoms with van der Waals surface area (Å²) < 4.78 is 38.5. The Morgan fingerprint density at radius 1 is 1.26 bits per heavy atom. The largest absolute Gasteiger partial charge is 0.407 e. The van der Waals surface area contributed by atoms with Gasteiger partial charge in [0.25, 0.3) is 5.56 Å². The lowest BCUT2D eigenvalue weighted by Crippen LogP contribution is -2.48. The quantitative estimate of drug-likeness (QED) is 0.266. The van der Waals surface area contributed by atoms with Crippen LogP contribution < -0.4 is 11.2 Å². The second-order valence-corrected chi connectivity index (χ2v) is 19.5. The molecule has 2 N–H and O–H groups in total. The van der Waals surface area contributed by atoms with Crippen LogP contribution in [-0.2, 0) is 23.2 Å². The fourth-order valence-corrected chi connectivity index (χ4v) is 8.28. The van der Waals surface area contributed by atoms with Gasteiger partial charge in [0.1, 0.15) is 25.2 Å². The minimum atomic E-state index is -2.79. The first-order chi connectivity index (χ1) is 15.9. The fraction of sp³-hybridized carbons (Fsp3) is 0.826. The zero-order chi connectivity index (χ0) is 26.9. The van der Waals surface area contributed by atoms with Gasteiger partial charge in [-0.1, -0.05) is 27.7 Å². The molecule has 1 fully saturated rings. The highest BCUT2D eigenvalue weighted by molar-refractivity contribution is 7.63. The Kier molecular flexibility index (Phi) is 9.58. The molecule has 0 spiro atoms. The van der Waals surface area contributed by atoms with E-state index in [-0.39, 0.29) is 18.3 Å². The molecule has 1 aromatic heterocycles. The third-order valence-corrected chi connectivity index (χ3v) is 13.5. The minimum absolute atomic E-state index is 0.107. The summed E-state index contributed by atoms with van der Waals surface area (Å²) >= 11 is 0. The average Bonchev–Trinajstić information content (AvgIpc) is 3.03. The van der Waals surface area contributed by atoms with Crippen molar-refractivity contribution in [2.75, 3.05) is 33.7 Å². The number of ether oxygens (including phenoxy) is 3. The summed E-state index contributed by atoms with van der Waals surface area (Å²) in [5.74, 6) is -1.13. The van der Waals surface area contributed by atoms with Crippen molar-refractivity contribution < 1.29 is 28.3 Å². The molecule has 0 bridgehead atoms. The first-order valence-electron chi connectivity index (χ1n) is 11.9. The van der Waals surface area contributed by atoms with Crippen molar-refractivity contribution in [1.29, 1.82) is 0 Å². The van der Waals surface area contributed by atoms with Gasteiger partial charge in [-0.3, -0.25) is 14.3 Å². The molecule has 0 aromatic carbocycles. The first-order valence-corrected chi connectivity index (χ1v) is 17.5. The van der Waals surface area contributed by atoms with E-state index in [1.54, 1.807) is 20.3 Å². The summed E-state index contributed by atoms with van der Waals surface area (Å²) in [6.07, 6.45) is -2.48. The molecule has 202 valence electrons. The Bertz CT molecular complexity index is 1030. The van der Waals surface area contributed by atoms with E-state index in [2.05, 4.69) is 38.8 Å². The highest BCUT2D eigenvalue weighted by Gasteiger charge is 2.52. The lowest BCUT2D eigenvalue weighted by Gasteiger charge is -2.43. The maximum Gasteiger partial charge on any atom is 0.330 e. The molecule has 10 nitrogen and oxygen atoms in total. The number of aromatic amines is 1. The Labute approximate surface area is 208 Å². The predicted molar refractivity (Wildman–Crippen MR) is 138 cm³/mol. The summed E-state index contributed by atoms with van der Waals surface area (Å²) in [5.41, 5.74) is -0.843. The monoisotopic (exact) mass is 534 g/mol. The smallest absolute Gasteiger partial charge is 0.330 e. The summed E-state index contributed by atoms with van der Waals surface area (Å²) in [6, 6.07) is 0. The van der Waals surface area contributed by atoms with Gasteiger partial charge >= 0.3 is 5.69 Å². The zero-order valence-corrected chi connectivity index (χ0v) is 24.5.